The smallest absolute Gasteiger partial charge is 0.475 e. The van der Waals surface area contributed by atoms with Crippen molar-refractivity contribution in [1.82, 2.24) is 14.1 Å². The summed E-state index contributed by atoms with van der Waals surface area (Å²) in [7, 11) is 0. The van der Waals surface area contributed by atoms with Gasteiger partial charge in [-0.05, 0) is 38.0 Å². The molecule has 208 valence electrons. The largest absolute Gasteiger partial charge is 0.490 e. The highest BCUT2D eigenvalue weighted by atomic mass is 35.5. The summed E-state index contributed by atoms with van der Waals surface area (Å²) in [5.41, 5.74) is 9.18. The van der Waals surface area contributed by atoms with Gasteiger partial charge < -0.3 is 24.7 Å². The van der Waals surface area contributed by atoms with Crippen LogP contribution in [0.3, 0.4) is 0 Å². The maximum atomic E-state index is 13.7. The second-order valence-corrected chi connectivity index (χ2v) is 9.94. The molecule has 1 aliphatic rings. The fourth-order valence-electron chi connectivity index (χ4n) is 4.51. The van der Waals surface area contributed by atoms with Crippen LogP contribution in [-0.4, -0.2) is 50.6 Å². The fraction of sp³-hybridized carbons (Fsp3) is 0.346. The van der Waals surface area contributed by atoms with Crippen LogP contribution in [0.1, 0.15) is 25.8 Å². The summed E-state index contributed by atoms with van der Waals surface area (Å²) in [6.45, 7) is 3.75. The Morgan fingerprint density at radius 2 is 1.90 bits per heavy atom. The van der Waals surface area contributed by atoms with E-state index in [0.29, 0.717) is 33.3 Å². The van der Waals surface area contributed by atoms with Gasteiger partial charge in [0.15, 0.2) is 0 Å². The molecule has 1 aliphatic heterocycles. The molecule has 4 aromatic rings. The van der Waals surface area contributed by atoms with E-state index in [9.17, 15) is 18.0 Å². The van der Waals surface area contributed by atoms with E-state index in [0.717, 1.165) is 42.5 Å². The van der Waals surface area contributed by atoms with Crippen LogP contribution < -0.4 is 11.3 Å². The first kappa shape index (κ1) is 28.9. The molecule has 5 rings (SSSR count). The number of para-hydroxylation sites is 1. The molecule has 0 saturated carbocycles. The minimum Gasteiger partial charge on any atom is -0.475 e. The number of rotatable bonds is 5. The molecule has 39 heavy (non-hydrogen) atoms. The molecule has 2 unspecified atom stereocenters. The zero-order valence-corrected chi connectivity index (χ0v) is 22.2. The third-order valence-electron chi connectivity index (χ3n) is 6.42. The number of alkyl halides is 3. The van der Waals surface area contributed by atoms with Gasteiger partial charge in [0.25, 0.3) is 5.56 Å². The average Bonchev–Trinajstić information content (AvgIpc) is 3.53. The Labute approximate surface area is 230 Å². The minimum atomic E-state index is -5.08. The predicted octanol–water partition coefficient (Wildman–Crippen LogP) is 5.66. The Morgan fingerprint density at radius 3 is 2.51 bits per heavy atom. The zero-order chi connectivity index (χ0) is 28.5. The van der Waals surface area contributed by atoms with Gasteiger partial charge in [-0.2, -0.15) is 13.2 Å². The van der Waals surface area contributed by atoms with Crippen LogP contribution in [0.5, 0.6) is 0 Å². The highest BCUT2D eigenvalue weighted by Gasteiger charge is 2.38. The molecule has 2 aromatic heterocycles. The van der Waals surface area contributed by atoms with Crippen molar-refractivity contribution in [2.75, 3.05) is 13.2 Å². The third kappa shape index (κ3) is 6.06. The molecule has 8 nitrogen and oxygen atoms in total. The Hall–Kier alpha value is -3.12. The van der Waals surface area contributed by atoms with Crippen molar-refractivity contribution in [2.45, 2.75) is 44.6 Å². The molecule has 0 radical (unpaired) electrons. The molecule has 0 spiro atoms. The number of carboxylic acid groups (broad SMARTS) is 1. The summed E-state index contributed by atoms with van der Waals surface area (Å²) in [6.07, 6.45) is -0.779. The number of nitrogens with zero attached hydrogens (tertiary/aromatic N) is 3. The molecule has 1 saturated heterocycles. The number of halogens is 5. The summed E-state index contributed by atoms with van der Waals surface area (Å²) in [5.74, 6) is -2.76. The Balaban J connectivity index is 0.000000448. The van der Waals surface area contributed by atoms with Gasteiger partial charge in [0.1, 0.15) is 5.69 Å². The first-order chi connectivity index (χ1) is 18.4. The van der Waals surface area contributed by atoms with E-state index in [2.05, 4.69) is 10.6 Å². The van der Waals surface area contributed by atoms with Crippen LogP contribution in [0.25, 0.3) is 33.2 Å². The number of hydrogen-bond acceptors (Lipinski definition) is 5. The molecule has 13 heteroatoms. The fourth-order valence-corrected chi connectivity index (χ4v) is 4.83. The quantitative estimate of drug-likeness (QED) is 0.313. The molecule has 2 aromatic carbocycles. The molecule has 0 aliphatic carbocycles. The number of carboxylic acids is 1. The molecule has 3 heterocycles. The summed E-state index contributed by atoms with van der Waals surface area (Å²) < 4.78 is 41.4. The molecule has 0 bridgehead atoms. The molecular weight excluding hydrogens is 560 g/mol. The number of aromatic nitrogens is 3. The zero-order valence-electron chi connectivity index (χ0n) is 20.7. The van der Waals surface area contributed by atoms with Crippen LogP contribution in [0.15, 0.2) is 47.4 Å². The maximum Gasteiger partial charge on any atom is 0.490 e. The van der Waals surface area contributed by atoms with Gasteiger partial charge in [0.2, 0.25) is 0 Å². The topological polar surface area (TPSA) is 112 Å². The predicted molar refractivity (Wildman–Crippen MR) is 143 cm³/mol. The first-order valence-electron chi connectivity index (χ1n) is 12.0. The van der Waals surface area contributed by atoms with E-state index in [-0.39, 0.29) is 17.7 Å². The number of ether oxygens (including phenoxy) is 1. The van der Waals surface area contributed by atoms with E-state index >= 15 is 0 Å². The van der Waals surface area contributed by atoms with Crippen molar-refractivity contribution in [3.8, 4) is 11.3 Å². The molecule has 1 fully saturated rings. The van der Waals surface area contributed by atoms with E-state index in [1.165, 1.54) is 0 Å². The normalized spacial score (nSPS) is 16.3. The van der Waals surface area contributed by atoms with Crippen molar-refractivity contribution in [3.05, 3.63) is 63.0 Å². The first-order valence-corrected chi connectivity index (χ1v) is 12.8. The van der Waals surface area contributed by atoms with Crippen molar-refractivity contribution in [2.24, 2.45) is 5.73 Å². The lowest BCUT2D eigenvalue weighted by Crippen LogP contribution is -2.30. The van der Waals surface area contributed by atoms with E-state index in [1.807, 2.05) is 31.3 Å². The molecular formula is C26H25Cl2F3N4O4. The van der Waals surface area contributed by atoms with E-state index in [4.69, 9.17) is 48.6 Å². The molecule has 3 N–H and O–H groups in total. The monoisotopic (exact) mass is 584 g/mol. The second kappa shape index (κ2) is 11.5. The van der Waals surface area contributed by atoms with E-state index in [1.54, 1.807) is 16.7 Å². The SMILES string of the molecule is CC(CN)n1c(=O)c(-c2cn(CC3CCCO3)c3ccccc23)nc2cc(Cl)c(Cl)cc21.O=C(O)C(F)(F)F. The molecule has 2 atom stereocenters. The van der Waals surface area contributed by atoms with Crippen molar-refractivity contribution in [3.63, 3.8) is 0 Å². The summed E-state index contributed by atoms with van der Waals surface area (Å²) in [5, 5.41) is 8.87. The van der Waals surface area contributed by atoms with Crippen molar-refractivity contribution in [1.29, 1.82) is 0 Å². The lowest BCUT2D eigenvalue weighted by atomic mass is 10.1. The maximum absolute atomic E-state index is 13.7. The minimum absolute atomic E-state index is 0.179. The highest BCUT2D eigenvalue weighted by molar-refractivity contribution is 6.42. The van der Waals surface area contributed by atoms with Crippen molar-refractivity contribution >= 4 is 51.1 Å². The highest BCUT2D eigenvalue weighted by Crippen LogP contribution is 2.32. The number of carbonyl (C=O) groups is 1. The van der Waals surface area contributed by atoms with Gasteiger partial charge in [-0.3, -0.25) is 4.79 Å². The van der Waals surface area contributed by atoms with Gasteiger partial charge >= 0.3 is 12.1 Å². The number of aliphatic carboxylic acids is 1. The number of nitrogens with two attached hydrogens (primary N) is 1. The van der Waals surface area contributed by atoms with Crippen LogP contribution in [0.4, 0.5) is 13.2 Å². The average molecular weight is 585 g/mol. The van der Waals surface area contributed by atoms with Gasteiger partial charge in [-0.1, -0.05) is 41.4 Å². The second-order valence-electron chi connectivity index (χ2n) is 9.13. The standard InChI is InChI=1S/C24H24Cl2N4O2.C2HF3O2/c1-14(11-27)30-22-10-19(26)18(25)9-20(22)28-23(24(30)31)17-13-29(12-15-5-4-8-32-15)21-7-3-2-6-16(17)21;3-2(4,5)1(6)7/h2-3,6-7,9-10,13-15H,4-5,8,11-12,27H2,1H3;(H,6,7). The lowest BCUT2D eigenvalue weighted by Gasteiger charge is -2.18. The summed E-state index contributed by atoms with van der Waals surface area (Å²) >= 11 is 12.5. The molecule has 0 amide bonds. The van der Waals surface area contributed by atoms with E-state index < -0.39 is 12.1 Å². The third-order valence-corrected chi connectivity index (χ3v) is 7.15. The van der Waals surface area contributed by atoms with Crippen LogP contribution in [-0.2, 0) is 16.1 Å². The Morgan fingerprint density at radius 1 is 1.23 bits per heavy atom. The number of fused-ring (bicyclic) bond motifs is 2. The Bertz CT molecular complexity index is 1580. The van der Waals surface area contributed by atoms with Crippen LogP contribution >= 0.6 is 23.2 Å². The lowest BCUT2D eigenvalue weighted by molar-refractivity contribution is -0.192. The van der Waals surface area contributed by atoms with Gasteiger partial charge in [-0.25, -0.2) is 9.78 Å². The number of hydrogen-bond donors (Lipinski definition) is 2. The van der Waals surface area contributed by atoms with Crippen molar-refractivity contribution < 1.29 is 27.8 Å². The van der Waals surface area contributed by atoms with Gasteiger partial charge in [-0.15, -0.1) is 0 Å². The number of benzene rings is 2. The Kier molecular flexibility index (Phi) is 8.55. The van der Waals surface area contributed by atoms with Gasteiger partial charge in [0.05, 0.1) is 27.2 Å². The van der Waals surface area contributed by atoms with Crippen LogP contribution in [0, 0.1) is 0 Å². The van der Waals surface area contributed by atoms with Gasteiger partial charge in [0, 0.05) is 48.4 Å². The summed E-state index contributed by atoms with van der Waals surface area (Å²) in [6, 6.07) is 11.2. The summed E-state index contributed by atoms with van der Waals surface area (Å²) in [4.78, 5) is 27.4. The van der Waals surface area contributed by atoms with Crippen LogP contribution in [0.2, 0.25) is 10.0 Å².